The van der Waals surface area contributed by atoms with Crippen LogP contribution in [0.2, 0.25) is 0 Å². The van der Waals surface area contributed by atoms with E-state index in [9.17, 15) is 14.0 Å². The maximum atomic E-state index is 14.3. The van der Waals surface area contributed by atoms with E-state index < -0.39 is 5.97 Å². The highest BCUT2D eigenvalue weighted by Gasteiger charge is 2.25. The summed E-state index contributed by atoms with van der Waals surface area (Å²) in [4.78, 5) is 34.7. The van der Waals surface area contributed by atoms with Crippen LogP contribution < -0.4 is 20.1 Å². The van der Waals surface area contributed by atoms with Crippen molar-refractivity contribution in [2.45, 2.75) is 0 Å². The van der Waals surface area contributed by atoms with Crippen LogP contribution in [-0.2, 0) is 4.74 Å². The molecule has 1 aliphatic heterocycles. The van der Waals surface area contributed by atoms with Crippen LogP contribution in [0.1, 0.15) is 10.4 Å². The number of esters is 1. The number of aromatic nitrogens is 2. The van der Waals surface area contributed by atoms with Crippen LogP contribution in [0.3, 0.4) is 0 Å². The lowest BCUT2D eigenvalue weighted by atomic mass is 10.1. The molecule has 184 valence electrons. The first kappa shape index (κ1) is 23.3. The molecule has 0 aliphatic carbocycles. The van der Waals surface area contributed by atoms with Gasteiger partial charge < -0.3 is 19.3 Å². The third kappa shape index (κ3) is 4.24. The Bertz CT molecular complexity index is 1500. The zero-order valence-corrected chi connectivity index (χ0v) is 20.0. The van der Waals surface area contributed by atoms with E-state index in [1.165, 1.54) is 13.2 Å². The minimum Gasteiger partial charge on any atom is -0.497 e. The fraction of sp³-hybridized carbons (Fsp3) is 0.222. The summed E-state index contributed by atoms with van der Waals surface area (Å²) < 4.78 is 26.1. The first-order valence-corrected chi connectivity index (χ1v) is 11.5. The second kappa shape index (κ2) is 9.69. The van der Waals surface area contributed by atoms with Gasteiger partial charge in [-0.15, -0.1) is 0 Å². The molecule has 1 saturated heterocycles. The van der Waals surface area contributed by atoms with Gasteiger partial charge in [0.15, 0.2) is 0 Å². The Labute approximate surface area is 207 Å². The van der Waals surface area contributed by atoms with E-state index in [1.54, 1.807) is 54.1 Å². The molecule has 0 bridgehead atoms. The molecule has 0 saturated carbocycles. The van der Waals surface area contributed by atoms with Gasteiger partial charge in [0.1, 0.15) is 11.6 Å². The largest absolute Gasteiger partial charge is 0.497 e. The van der Waals surface area contributed by atoms with E-state index >= 15 is 0 Å². The van der Waals surface area contributed by atoms with Crippen molar-refractivity contribution in [3.8, 4) is 11.4 Å². The van der Waals surface area contributed by atoms with Crippen molar-refractivity contribution in [2.75, 3.05) is 50.2 Å². The summed E-state index contributed by atoms with van der Waals surface area (Å²) in [5.74, 6) is 0.279. The summed E-state index contributed by atoms with van der Waals surface area (Å²) in [5, 5.41) is 0.374. The molecule has 9 heteroatoms. The maximum absolute atomic E-state index is 14.3. The molecule has 0 atom stereocenters. The fourth-order valence-corrected chi connectivity index (χ4v) is 4.47. The highest BCUT2D eigenvalue weighted by atomic mass is 19.1. The van der Waals surface area contributed by atoms with Gasteiger partial charge in [-0.05, 0) is 42.5 Å². The summed E-state index contributed by atoms with van der Waals surface area (Å²) in [6, 6.07) is 18.6. The van der Waals surface area contributed by atoms with Gasteiger partial charge in [-0.2, -0.15) is 0 Å². The number of fused-ring (bicyclic) bond motifs is 1. The molecule has 1 aliphatic rings. The molecular weight excluding hydrogens is 463 g/mol. The number of nitrogens with zero attached hydrogens (tertiary/aromatic N) is 4. The van der Waals surface area contributed by atoms with Crippen molar-refractivity contribution in [3.05, 3.63) is 88.5 Å². The number of ether oxygens (including phenoxy) is 2. The Morgan fingerprint density at radius 1 is 0.917 bits per heavy atom. The van der Waals surface area contributed by atoms with Crippen molar-refractivity contribution in [1.82, 2.24) is 9.55 Å². The van der Waals surface area contributed by atoms with Gasteiger partial charge in [0.05, 0.1) is 42.1 Å². The predicted octanol–water partition coefficient (Wildman–Crippen LogP) is 3.65. The lowest BCUT2D eigenvalue weighted by Crippen LogP contribution is -2.48. The van der Waals surface area contributed by atoms with E-state index in [-0.39, 0.29) is 11.4 Å². The van der Waals surface area contributed by atoms with E-state index in [0.29, 0.717) is 65.7 Å². The van der Waals surface area contributed by atoms with E-state index in [2.05, 4.69) is 0 Å². The van der Waals surface area contributed by atoms with Crippen LogP contribution in [0.15, 0.2) is 71.5 Å². The first-order valence-electron chi connectivity index (χ1n) is 11.5. The average Bonchev–Trinajstić information content (AvgIpc) is 2.92. The van der Waals surface area contributed by atoms with Gasteiger partial charge >= 0.3 is 5.97 Å². The Hall–Kier alpha value is -4.40. The Morgan fingerprint density at radius 2 is 1.67 bits per heavy atom. The molecule has 8 nitrogen and oxygen atoms in total. The number of para-hydroxylation sites is 1. The van der Waals surface area contributed by atoms with Crippen LogP contribution >= 0.6 is 0 Å². The monoisotopic (exact) mass is 488 g/mol. The molecular formula is C27H25FN4O4. The minimum atomic E-state index is -0.504. The topological polar surface area (TPSA) is 76.9 Å². The van der Waals surface area contributed by atoms with Crippen molar-refractivity contribution in [2.24, 2.45) is 0 Å². The van der Waals surface area contributed by atoms with Gasteiger partial charge in [0, 0.05) is 32.2 Å². The van der Waals surface area contributed by atoms with E-state index in [1.807, 2.05) is 28.0 Å². The minimum absolute atomic E-state index is 0.265. The molecule has 0 unspecified atom stereocenters. The lowest BCUT2D eigenvalue weighted by Gasteiger charge is -2.37. The number of piperazine rings is 1. The number of anilines is 2. The van der Waals surface area contributed by atoms with Crippen molar-refractivity contribution in [1.29, 1.82) is 0 Å². The third-order valence-electron chi connectivity index (χ3n) is 6.34. The third-order valence-corrected chi connectivity index (χ3v) is 6.34. The number of hydrogen-bond donors (Lipinski definition) is 0. The van der Waals surface area contributed by atoms with Gasteiger partial charge in [-0.25, -0.2) is 18.7 Å². The summed E-state index contributed by atoms with van der Waals surface area (Å²) in [6.07, 6.45) is 0. The first-order chi connectivity index (χ1) is 17.5. The maximum Gasteiger partial charge on any atom is 0.337 e. The molecule has 1 fully saturated rings. The second-order valence-corrected chi connectivity index (χ2v) is 8.40. The fourth-order valence-electron chi connectivity index (χ4n) is 4.47. The number of carbonyl (C=O) groups excluding carboxylic acids is 1. The lowest BCUT2D eigenvalue weighted by molar-refractivity contribution is 0.0601. The van der Waals surface area contributed by atoms with E-state index in [4.69, 9.17) is 14.5 Å². The van der Waals surface area contributed by atoms with Crippen LogP contribution in [0.5, 0.6) is 5.75 Å². The van der Waals surface area contributed by atoms with Crippen LogP contribution in [0.4, 0.5) is 16.0 Å². The van der Waals surface area contributed by atoms with Gasteiger partial charge in [0.2, 0.25) is 5.95 Å². The zero-order valence-electron chi connectivity index (χ0n) is 20.0. The molecule has 0 radical (unpaired) electrons. The standard InChI is InChI=1S/C27H25FN4O4/c1-35-20-7-5-6-19(17-20)32-25(33)21-11-10-18(26(34)36-2)16-23(21)29-27(32)31-14-12-30(13-15-31)24-9-4-3-8-22(24)28/h3-11,16-17H,12-15H2,1-2H3. The smallest absolute Gasteiger partial charge is 0.337 e. The normalized spacial score (nSPS) is 13.6. The quantitative estimate of drug-likeness (QED) is 0.397. The molecule has 36 heavy (non-hydrogen) atoms. The number of hydrogen-bond acceptors (Lipinski definition) is 7. The molecule has 0 N–H and O–H groups in total. The van der Waals surface area contributed by atoms with Gasteiger partial charge in [-0.1, -0.05) is 18.2 Å². The zero-order chi connectivity index (χ0) is 25.2. The molecule has 4 aromatic rings. The van der Waals surface area contributed by atoms with E-state index in [0.717, 1.165) is 0 Å². The van der Waals surface area contributed by atoms with Gasteiger partial charge in [0.25, 0.3) is 5.56 Å². The number of carbonyl (C=O) groups is 1. The van der Waals surface area contributed by atoms with Crippen LogP contribution in [-0.4, -0.2) is 55.9 Å². The highest BCUT2D eigenvalue weighted by Crippen LogP contribution is 2.26. The molecule has 0 spiro atoms. The number of halogens is 1. The Morgan fingerprint density at radius 3 is 2.39 bits per heavy atom. The molecule has 2 heterocycles. The number of methoxy groups -OCH3 is 2. The predicted molar refractivity (Wildman–Crippen MR) is 136 cm³/mol. The highest BCUT2D eigenvalue weighted by molar-refractivity contribution is 5.94. The molecule has 5 rings (SSSR count). The van der Waals surface area contributed by atoms with Crippen molar-refractivity contribution < 1.29 is 18.7 Å². The Balaban J connectivity index is 1.60. The number of benzene rings is 3. The number of rotatable bonds is 5. The molecule has 0 amide bonds. The average molecular weight is 489 g/mol. The molecule has 1 aromatic heterocycles. The van der Waals surface area contributed by atoms with Crippen LogP contribution in [0.25, 0.3) is 16.6 Å². The Kier molecular flexibility index (Phi) is 6.28. The van der Waals surface area contributed by atoms with Gasteiger partial charge in [-0.3, -0.25) is 4.79 Å². The summed E-state index contributed by atoms with van der Waals surface area (Å²) >= 11 is 0. The SMILES string of the molecule is COC(=O)c1ccc2c(=O)n(-c3cccc(OC)c3)c(N3CCN(c4ccccc4F)CC3)nc2c1. The van der Waals surface area contributed by atoms with Crippen molar-refractivity contribution in [3.63, 3.8) is 0 Å². The van der Waals surface area contributed by atoms with Crippen molar-refractivity contribution >= 4 is 28.5 Å². The summed E-state index contributed by atoms with van der Waals surface area (Å²) in [5.41, 5.74) is 1.60. The molecule has 3 aromatic carbocycles. The summed E-state index contributed by atoms with van der Waals surface area (Å²) in [6.45, 7) is 2.14. The van der Waals surface area contributed by atoms with Crippen LogP contribution in [0, 0.1) is 5.82 Å². The summed E-state index contributed by atoms with van der Waals surface area (Å²) in [7, 11) is 2.87. The second-order valence-electron chi connectivity index (χ2n) is 8.40.